The standard InChI is InChI=1S/C5H4F3N3S/c6-5(7,8)2-1-10-4(9)11-3(2)12/h1H,(H3,9,10,11,12). The lowest BCUT2D eigenvalue weighted by Gasteiger charge is -2.05. The van der Waals surface area contributed by atoms with Crippen molar-refractivity contribution in [2.24, 2.45) is 0 Å². The van der Waals surface area contributed by atoms with Crippen LogP contribution in [0.25, 0.3) is 0 Å². The van der Waals surface area contributed by atoms with Crippen LogP contribution in [-0.2, 0) is 6.18 Å². The molecule has 0 aliphatic heterocycles. The monoisotopic (exact) mass is 195 g/mol. The van der Waals surface area contributed by atoms with Crippen LogP contribution in [0.1, 0.15) is 5.56 Å². The van der Waals surface area contributed by atoms with Gasteiger partial charge >= 0.3 is 6.18 Å². The Hall–Kier alpha value is -1.11. The molecule has 3 nitrogen and oxygen atoms in total. The minimum Gasteiger partial charge on any atom is -0.369 e. The Morgan fingerprint density at radius 3 is 2.50 bits per heavy atom. The molecule has 0 bridgehead atoms. The number of anilines is 1. The van der Waals surface area contributed by atoms with E-state index in [1.165, 1.54) is 0 Å². The summed E-state index contributed by atoms with van der Waals surface area (Å²) in [5, 5.41) is 0. The summed E-state index contributed by atoms with van der Waals surface area (Å²) in [5.41, 5.74) is 4.09. The van der Waals surface area contributed by atoms with Crippen LogP contribution in [0, 0.1) is 4.64 Å². The van der Waals surface area contributed by atoms with Gasteiger partial charge in [-0.25, -0.2) is 4.98 Å². The highest BCUT2D eigenvalue weighted by Crippen LogP contribution is 2.28. The largest absolute Gasteiger partial charge is 0.420 e. The first-order chi connectivity index (χ1) is 5.41. The number of aromatic amines is 1. The summed E-state index contributed by atoms with van der Waals surface area (Å²) >= 11 is 4.39. The fourth-order valence-corrected chi connectivity index (χ4v) is 0.884. The van der Waals surface area contributed by atoms with Crippen LogP contribution in [0.3, 0.4) is 0 Å². The Bertz CT molecular complexity index is 343. The summed E-state index contributed by atoms with van der Waals surface area (Å²) in [6.07, 6.45) is -3.87. The summed E-state index contributed by atoms with van der Waals surface area (Å²) in [6.45, 7) is 0. The molecule has 3 N–H and O–H groups in total. The average Bonchev–Trinajstić information content (AvgIpc) is 1.83. The molecule has 0 aromatic carbocycles. The first kappa shape index (κ1) is 8.98. The van der Waals surface area contributed by atoms with Crippen LogP contribution in [0.2, 0.25) is 0 Å². The molecule has 66 valence electrons. The van der Waals surface area contributed by atoms with Crippen molar-refractivity contribution < 1.29 is 13.2 Å². The Kier molecular flexibility index (Phi) is 2.05. The SMILES string of the molecule is Nc1ncc(C(F)(F)F)c(=S)[nH]1. The number of hydrogen-bond acceptors (Lipinski definition) is 3. The van der Waals surface area contributed by atoms with E-state index in [-0.39, 0.29) is 5.95 Å². The van der Waals surface area contributed by atoms with Crippen LogP contribution >= 0.6 is 12.2 Å². The number of alkyl halides is 3. The van der Waals surface area contributed by atoms with E-state index < -0.39 is 16.4 Å². The molecule has 0 saturated carbocycles. The topological polar surface area (TPSA) is 54.7 Å². The second kappa shape index (κ2) is 2.74. The van der Waals surface area contributed by atoms with Crippen molar-refractivity contribution in [3.05, 3.63) is 16.4 Å². The molecule has 7 heteroatoms. The molecule has 0 radical (unpaired) electrons. The summed E-state index contributed by atoms with van der Waals surface area (Å²) in [7, 11) is 0. The maximum Gasteiger partial charge on any atom is 0.420 e. The highest BCUT2D eigenvalue weighted by atomic mass is 32.1. The molecule has 0 saturated heterocycles. The van der Waals surface area contributed by atoms with Gasteiger partial charge in [0.2, 0.25) is 0 Å². The van der Waals surface area contributed by atoms with Crippen LogP contribution in [0.4, 0.5) is 19.1 Å². The fourth-order valence-electron chi connectivity index (χ4n) is 0.611. The fraction of sp³-hybridized carbons (Fsp3) is 0.200. The molecule has 0 aliphatic carbocycles. The number of nitrogen functional groups attached to an aromatic ring is 1. The van der Waals surface area contributed by atoms with Crippen LogP contribution in [0.15, 0.2) is 6.20 Å². The Labute approximate surface area is 70.4 Å². The lowest BCUT2D eigenvalue weighted by Crippen LogP contribution is -2.08. The van der Waals surface area contributed by atoms with Crippen LogP contribution in [-0.4, -0.2) is 9.97 Å². The third kappa shape index (κ3) is 1.73. The number of halogens is 3. The minimum atomic E-state index is -4.48. The van der Waals surface area contributed by atoms with E-state index in [4.69, 9.17) is 5.73 Å². The molecular formula is C5H4F3N3S. The van der Waals surface area contributed by atoms with Gasteiger partial charge in [0.1, 0.15) is 10.2 Å². The number of aromatic nitrogens is 2. The summed E-state index contributed by atoms with van der Waals surface area (Å²) in [4.78, 5) is 5.35. The van der Waals surface area contributed by atoms with Crippen molar-refractivity contribution >= 4 is 18.2 Å². The average molecular weight is 195 g/mol. The number of nitrogens with one attached hydrogen (secondary N) is 1. The third-order valence-corrected chi connectivity index (χ3v) is 1.45. The van der Waals surface area contributed by atoms with E-state index in [0.29, 0.717) is 6.20 Å². The van der Waals surface area contributed by atoms with Gasteiger partial charge < -0.3 is 10.7 Å². The van der Waals surface area contributed by atoms with E-state index in [9.17, 15) is 13.2 Å². The molecule has 0 aliphatic rings. The van der Waals surface area contributed by atoms with Crippen molar-refractivity contribution in [3.8, 4) is 0 Å². The van der Waals surface area contributed by atoms with E-state index in [1.54, 1.807) is 0 Å². The van der Waals surface area contributed by atoms with Gasteiger partial charge in [-0.3, -0.25) is 0 Å². The quantitative estimate of drug-likeness (QED) is 0.620. The van der Waals surface area contributed by atoms with Gasteiger partial charge in [0.25, 0.3) is 0 Å². The van der Waals surface area contributed by atoms with E-state index in [0.717, 1.165) is 0 Å². The van der Waals surface area contributed by atoms with E-state index in [2.05, 4.69) is 22.2 Å². The van der Waals surface area contributed by atoms with Crippen LogP contribution < -0.4 is 5.73 Å². The summed E-state index contributed by atoms with van der Waals surface area (Å²) < 4.78 is 35.6. The minimum absolute atomic E-state index is 0.131. The van der Waals surface area contributed by atoms with Crippen molar-refractivity contribution in [2.75, 3.05) is 5.73 Å². The Morgan fingerprint density at radius 1 is 1.50 bits per heavy atom. The van der Waals surface area contributed by atoms with Gasteiger partial charge in [-0.2, -0.15) is 13.2 Å². The predicted octanol–water partition coefficient (Wildman–Crippen LogP) is 1.74. The van der Waals surface area contributed by atoms with Crippen molar-refractivity contribution in [1.82, 2.24) is 9.97 Å². The predicted molar refractivity (Wildman–Crippen MR) is 38.8 cm³/mol. The summed E-state index contributed by atoms with van der Waals surface area (Å²) in [5.74, 6) is -0.131. The van der Waals surface area contributed by atoms with Gasteiger partial charge in [-0.05, 0) is 0 Å². The highest BCUT2D eigenvalue weighted by molar-refractivity contribution is 7.71. The molecule has 1 aromatic heterocycles. The van der Waals surface area contributed by atoms with E-state index >= 15 is 0 Å². The zero-order valence-electron chi connectivity index (χ0n) is 5.64. The van der Waals surface area contributed by atoms with Gasteiger partial charge in [0.15, 0.2) is 5.95 Å². The van der Waals surface area contributed by atoms with Gasteiger partial charge in [0, 0.05) is 6.20 Å². The maximum atomic E-state index is 12.0. The molecule has 0 fully saturated rings. The maximum absolute atomic E-state index is 12.0. The molecule has 0 spiro atoms. The number of rotatable bonds is 0. The first-order valence-electron chi connectivity index (χ1n) is 2.83. The Balaban J connectivity index is 3.29. The highest BCUT2D eigenvalue weighted by Gasteiger charge is 2.32. The zero-order valence-corrected chi connectivity index (χ0v) is 6.46. The third-order valence-electron chi connectivity index (χ3n) is 1.12. The lowest BCUT2D eigenvalue weighted by molar-refractivity contribution is -0.138. The van der Waals surface area contributed by atoms with Gasteiger partial charge in [0.05, 0.1) is 0 Å². The second-order valence-corrected chi connectivity index (χ2v) is 2.42. The number of nitrogens with two attached hydrogens (primary N) is 1. The zero-order chi connectivity index (χ0) is 9.35. The summed E-state index contributed by atoms with van der Waals surface area (Å²) in [6, 6.07) is 0. The Morgan fingerprint density at radius 2 is 2.08 bits per heavy atom. The number of H-pyrrole nitrogens is 1. The van der Waals surface area contributed by atoms with E-state index in [1.807, 2.05) is 0 Å². The molecule has 1 rings (SSSR count). The molecule has 1 aromatic rings. The molecule has 0 unspecified atom stereocenters. The van der Waals surface area contributed by atoms with Crippen molar-refractivity contribution in [3.63, 3.8) is 0 Å². The smallest absolute Gasteiger partial charge is 0.369 e. The van der Waals surface area contributed by atoms with Crippen molar-refractivity contribution in [2.45, 2.75) is 6.18 Å². The number of nitrogens with zero attached hydrogens (tertiary/aromatic N) is 1. The second-order valence-electron chi connectivity index (χ2n) is 2.01. The molecular weight excluding hydrogens is 191 g/mol. The van der Waals surface area contributed by atoms with Gasteiger partial charge in [-0.15, -0.1) is 0 Å². The number of hydrogen-bond donors (Lipinski definition) is 2. The molecule has 12 heavy (non-hydrogen) atoms. The molecule has 0 amide bonds. The van der Waals surface area contributed by atoms with Crippen molar-refractivity contribution in [1.29, 1.82) is 0 Å². The normalized spacial score (nSPS) is 11.6. The molecule has 1 heterocycles. The molecule has 0 atom stereocenters. The first-order valence-corrected chi connectivity index (χ1v) is 3.24. The van der Waals surface area contributed by atoms with Gasteiger partial charge in [-0.1, -0.05) is 12.2 Å². The lowest BCUT2D eigenvalue weighted by atomic mass is 10.3. The van der Waals surface area contributed by atoms with Crippen LogP contribution in [0.5, 0.6) is 0 Å².